The number of carbonyl (C=O) groups excluding carboxylic acids is 1. The second kappa shape index (κ2) is 5.60. The van der Waals surface area contributed by atoms with Crippen LogP contribution in [0.4, 0.5) is 0 Å². The van der Waals surface area contributed by atoms with Gasteiger partial charge < -0.3 is 14.2 Å². The van der Waals surface area contributed by atoms with Crippen LogP contribution in [0.2, 0.25) is 0 Å². The molecule has 0 bridgehead atoms. The van der Waals surface area contributed by atoms with Crippen molar-refractivity contribution in [2.75, 3.05) is 6.54 Å². The normalized spacial score (nSPS) is 24.4. The predicted octanol–water partition coefficient (Wildman–Crippen LogP) is 3.00. The molecular formula is C19H28BNO3. The van der Waals surface area contributed by atoms with Crippen molar-refractivity contribution in [1.82, 2.24) is 4.90 Å². The van der Waals surface area contributed by atoms with Crippen LogP contribution in [0.25, 0.3) is 0 Å². The van der Waals surface area contributed by atoms with E-state index in [1.807, 2.05) is 56.9 Å². The Balaban J connectivity index is 1.76. The third kappa shape index (κ3) is 2.88. The fourth-order valence-electron chi connectivity index (χ4n) is 3.40. The van der Waals surface area contributed by atoms with Crippen molar-refractivity contribution >= 4 is 18.5 Å². The van der Waals surface area contributed by atoms with E-state index >= 15 is 0 Å². The molecule has 130 valence electrons. The first-order chi connectivity index (χ1) is 11.0. The van der Waals surface area contributed by atoms with Gasteiger partial charge >= 0.3 is 7.12 Å². The monoisotopic (exact) mass is 329 g/mol. The first kappa shape index (κ1) is 17.5. The van der Waals surface area contributed by atoms with Gasteiger partial charge in [0.15, 0.2) is 0 Å². The van der Waals surface area contributed by atoms with Gasteiger partial charge in [0.2, 0.25) is 0 Å². The van der Waals surface area contributed by atoms with Crippen molar-refractivity contribution < 1.29 is 14.1 Å². The van der Waals surface area contributed by atoms with E-state index in [2.05, 4.69) is 13.8 Å². The molecule has 1 aromatic carbocycles. The molecule has 3 rings (SSSR count). The van der Waals surface area contributed by atoms with Crippen LogP contribution >= 0.6 is 0 Å². The van der Waals surface area contributed by atoms with E-state index in [1.54, 1.807) is 0 Å². The average molecular weight is 329 g/mol. The third-order valence-corrected chi connectivity index (χ3v) is 5.83. The molecule has 2 aliphatic heterocycles. The number of hydrogen-bond donors (Lipinski definition) is 0. The Morgan fingerprint density at radius 3 is 2.00 bits per heavy atom. The highest BCUT2D eigenvalue weighted by molar-refractivity contribution is 6.62. The average Bonchev–Trinajstić information content (AvgIpc) is 2.94. The van der Waals surface area contributed by atoms with Crippen molar-refractivity contribution in [3.63, 3.8) is 0 Å². The number of amides is 1. The quantitative estimate of drug-likeness (QED) is 0.783. The number of benzene rings is 1. The summed E-state index contributed by atoms with van der Waals surface area (Å²) in [4.78, 5) is 14.7. The van der Waals surface area contributed by atoms with Gasteiger partial charge in [-0.05, 0) is 72.0 Å². The number of nitrogens with zero attached hydrogens (tertiary/aromatic N) is 1. The third-order valence-electron chi connectivity index (χ3n) is 5.83. The molecule has 0 aromatic heterocycles. The number of rotatable bonds is 2. The highest BCUT2D eigenvalue weighted by Gasteiger charge is 2.51. The standard InChI is InChI=1S/C19H28BNO3/c1-17(2)12-7-13-21(17)16(22)14-8-10-15(11-9-14)20-23-18(3,4)19(5,6)24-20/h8-11H,7,12-13H2,1-6H3. The second-order valence-corrected chi connectivity index (χ2v) is 8.58. The van der Waals surface area contributed by atoms with Crippen LogP contribution in [0.15, 0.2) is 24.3 Å². The number of likely N-dealkylation sites (tertiary alicyclic amines) is 1. The lowest BCUT2D eigenvalue weighted by atomic mass is 9.79. The van der Waals surface area contributed by atoms with Gasteiger partial charge in [0.05, 0.1) is 11.2 Å². The number of hydrogen-bond acceptors (Lipinski definition) is 3. The molecule has 1 amide bonds. The minimum absolute atomic E-state index is 0.0541. The summed E-state index contributed by atoms with van der Waals surface area (Å²) in [6.45, 7) is 13.3. The van der Waals surface area contributed by atoms with Crippen LogP contribution in [-0.4, -0.2) is 41.2 Å². The Bertz CT molecular complexity index is 621. The lowest BCUT2D eigenvalue weighted by molar-refractivity contribution is 0.00578. The Kier molecular flexibility index (Phi) is 4.08. The molecule has 0 spiro atoms. The van der Waals surface area contributed by atoms with E-state index in [9.17, 15) is 4.79 Å². The summed E-state index contributed by atoms with van der Waals surface area (Å²) < 4.78 is 12.1. The maximum Gasteiger partial charge on any atom is 0.494 e. The first-order valence-electron chi connectivity index (χ1n) is 8.81. The van der Waals surface area contributed by atoms with Crippen LogP contribution in [0.5, 0.6) is 0 Å². The lowest BCUT2D eigenvalue weighted by Gasteiger charge is -2.32. The molecule has 1 aromatic rings. The molecule has 0 unspecified atom stereocenters. The smallest absolute Gasteiger partial charge is 0.399 e. The molecule has 2 fully saturated rings. The summed E-state index contributed by atoms with van der Waals surface area (Å²) in [7, 11) is -0.387. The fraction of sp³-hybridized carbons (Fsp3) is 0.632. The van der Waals surface area contributed by atoms with E-state index in [0.717, 1.165) is 30.4 Å². The van der Waals surface area contributed by atoms with Crippen LogP contribution in [0.1, 0.15) is 64.7 Å². The molecule has 4 nitrogen and oxygen atoms in total. The fourth-order valence-corrected chi connectivity index (χ4v) is 3.40. The van der Waals surface area contributed by atoms with Gasteiger partial charge in [0, 0.05) is 17.6 Å². The van der Waals surface area contributed by atoms with Crippen molar-refractivity contribution in [2.45, 2.75) is 71.1 Å². The Morgan fingerprint density at radius 2 is 1.54 bits per heavy atom. The number of carbonyl (C=O) groups is 1. The first-order valence-corrected chi connectivity index (χ1v) is 8.81. The minimum atomic E-state index is -0.387. The van der Waals surface area contributed by atoms with Gasteiger partial charge in [-0.25, -0.2) is 0 Å². The van der Waals surface area contributed by atoms with Crippen molar-refractivity contribution in [1.29, 1.82) is 0 Å². The maximum atomic E-state index is 12.8. The van der Waals surface area contributed by atoms with E-state index in [1.165, 1.54) is 0 Å². The highest BCUT2D eigenvalue weighted by Crippen LogP contribution is 2.36. The Labute approximate surface area is 145 Å². The summed E-state index contributed by atoms with van der Waals surface area (Å²) in [5.41, 5.74) is 0.912. The van der Waals surface area contributed by atoms with Gasteiger partial charge in [0.1, 0.15) is 0 Å². The molecule has 0 atom stereocenters. The largest absolute Gasteiger partial charge is 0.494 e. The summed E-state index contributed by atoms with van der Waals surface area (Å²) in [6.07, 6.45) is 2.13. The zero-order valence-electron chi connectivity index (χ0n) is 15.7. The van der Waals surface area contributed by atoms with E-state index in [4.69, 9.17) is 9.31 Å². The molecule has 0 aliphatic carbocycles. The van der Waals surface area contributed by atoms with Crippen LogP contribution in [0, 0.1) is 0 Å². The van der Waals surface area contributed by atoms with E-state index in [-0.39, 0.29) is 29.8 Å². The van der Waals surface area contributed by atoms with Gasteiger partial charge in [-0.1, -0.05) is 12.1 Å². The van der Waals surface area contributed by atoms with Crippen molar-refractivity contribution in [3.05, 3.63) is 29.8 Å². The van der Waals surface area contributed by atoms with Gasteiger partial charge in [-0.3, -0.25) is 4.79 Å². The van der Waals surface area contributed by atoms with Gasteiger partial charge in [-0.2, -0.15) is 0 Å². The van der Waals surface area contributed by atoms with E-state index < -0.39 is 0 Å². The molecule has 2 heterocycles. The van der Waals surface area contributed by atoms with Crippen molar-refractivity contribution in [3.8, 4) is 0 Å². The van der Waals surface area contributed by atoms with Crippen molar-refractivity contribution in [2.24, 2.45) is 0 Å². The Hall–Kier alpha value is -1.33. The van der Waals surface area contributed by atoms with Gasteiger partial charge in [0.25, 0.3) is 5.91 Å². The molecule has 5 heteroatoms. The van der Waals surface area contributed by atoms with Crippen LogP contribution < -0.4 is 5.46 Å². The van der Waals surface area contributed by atoms with E-state index in [0.29, 0.717) is 0 Å². The molecular weight excluding hydrogens is 301 g/mol. The maximum absolute atomic E-state index is 12.8. The van der Waals surface area contributed by atoms with Crippen LogP contribution in [0.3, 0.4) is 0 Å². The molecule has 2 aliphatic rings. The molecule has 0 N–H and O–H groups in total. The SMILES string of the molecule is CC1(C)CCCN1C(=O)c1ccc(B2OC(C)(C)C(C)(C)O2)cc1. The molecule has 2 saturated heterocycles. The minimum Gasteiger partial charge on any atom is -0.399 e. The molecule has 0 saturated carbocycles. The highest BCUT2D eigenvalue weighted by atomic mass is 16.7. The van der Waals surface area contributed by atoms with Gasteiger partial charge in [-0.15, -0.1) is 0 Å². The molecule has 24 heavy (non-hydrogen) atoms. The predicted molar refractivity (Wildman–Crippen MR) is 96.5 cm³/mol. The molecule has 0 radical (unpaired) electrons. The zero-order valence-corrected chi connectivity index (χ0v) is 15.7. The summed E-state index contributed by atoms with van der Waals surface area (Å²) >= 11 is 0. The lowest BCUT2D eigenvalue weighted by Crippen LogP contribution is -2.42. The second-order valence-electron chi connectivity index (χ2n) is 8.58. The van der Waals surface area contributed by atoms with Crippen LogP contribution in [-0.2, 0) is 9.31 Å². The topological polar surface area (TPSA) is 38.8 Å². The zero-order chi connectivity index (χ0) is 17.8. The summed E-state index contributed by atoms with van der Waals surface area (Å²) in [6, 6.07) is 7.66. The summed E-state index contributed by atoms with van der Waals surface area (Å²) in [5, 5.41) is 0. The Morgan fingerprint density at radius 1 is 1.00 bits per heavy atom. The summed E-state index contributed by atoms with van der Waals surface area (Å²) in [5.74, 6) is 0.109.